The van der Waals surface area contributed by atoms with Crippen LogP contribution in [0.3, 0.4) is 0 Å². The summed E-state index contributed by atoms with van der Waals surface area (Å²) in [5.74, 6) is -0.0271. The molecule has 1 heterocycles. The summed E-state index contributed by atoms with van der Waals surface area (Å²) in [5.41, 5.74) is 0.859. The van der Waals surface area contributed by atoms with Crippen molar-refractivity contribution in [1.82, 2.24) is 9.71 Å². The lowest BCUT2D eigenvalue weighted by atomic mass is 10.2. The third-order valence-corrected chi connectivity index (χ3v) is 4.56. The van der Waals surface area contributed by atoms with Gasteiger partial charge in [-0.05, 0) is 37.1 Å². The highest BCUT2D eigenvalue weighted by molar-refractivity contribution is 7.97. The van der Waals surface area contributed by atoms with E-state index in [1.807, 2.05) is 24.3 Å². The first-order chi connectivity index (χ1) is 12.1. The lowest BCUT2D eigenvalue weighted by Gasteiger charge is -2.12. The first-order valence-electron chi connectivity index (χ1n) is 7.50. The normalized spacial score (nSPS) is 12.0. The number of nitro benzene ring substituents is 1. The molecule has 0 aliphatic rings. The first kappa shape index (κ1) is 17.0. The number of esters is 1. The highest BCUT2D eigenvalue weighted by Crippen LogP contribution is 2.28. The molecule has 0 bridgehead atoms. The van der Waals surface area contributed by atoms with E-state index in [1.165, 1.54) is 6.07 Å². The van der Waals surface area contributed by atoms with E-state index in [2.05, 4.69) is 9.71 Å². The second-order valence-corrected chi connectivity index (χ2v) is 6.17. The molecule has 2 aromatic carbocycles. The molecule has 0 saturated carbocycles. The Morgan fingerprint density at radius 1 is 1.24 bits per heavy atom. The molecule has 0 unspecified atom stereocenters. The second-order valence-electron chi connectivity index (χ2n) is 5.29. The van der Waals surface area contributed by atoms with Gasteiger partial charge in [0.25, 0.3) is 5.69 Å². The quantitative estimate of drug-likeness (QED) is 0.302. The maximum Gasteiger partial charge on any atom is 0.329 e. The second kappa shape index (κ2) is 7.37. The van der Waals surface area contributed by atoms with Crippen molar-refractivity contribution in [2.75, 3.05) is 0 Å². The number of nitro groups is 1. The fourth-order valence-electron chi connectivity index (χ4n) is 2.22. The minimum atomic E-state index is -0.654. The number of fused-ring (bicyclic) bond motifs is 1. The molecule has 25 heavy (non-hydrogen) atoms. The highest BCUT2D eigenvalue weighted by Gasteiger charge is 2.19. The molecular formula is C17H15N3O4S. The van der Waals surface area contributed by atoms with Gasteiger partial charge in [0.15, 0.2) is 5.75 Å². The molecule has 0 fully saturated rings. The van der Waals surface area contributed by atoms with Crippen LogP contribution < -0.4 is 9.46 Å². The van der Waals surface area contributed by atoms with Crippen molar-refractivity contribution in [1.29, 1.82) is 0 Å². The van der Waals surface area contributed by atoms with E-state index in [0.29, 0.717) is 10.6 Å². The molecule has 0 amide bonds. The number of para-hydroxylation sites is 2. The summed E-state index contributed by atoms with van der Waals surface area (Å²) in [4.78, 5) is 26.3. The Bertz CT molecular complexity index is 925. The van der Waals surface area contributed by atoms with Crippen molar-refractivity contribution < 1.29 is 14.5 Å². The van der Waals surface area contributed by atoms with Crippen molar-refractivity contribution in [3.63, 3.8) is 0 Å². The van der Waals surface area contributed by atoms with E-state index in [0.717, 1.165) is 22.9 Å². The van der Waals surface area contributed by atoms with Crippen molar-refractivity contribution in [2.45, 2.75) is 17.9 Å². The number of aromatic nitrogens is 1. The Morgan fingerprint density at radius 3 is 2.76 bits per heavy atom. The molecule has 2 N–H and O–H groups in total. The van der Waals surface area contributed by atoms with E-state index in [1.54, 1.807) is 31.3 Å². The monoisotopic (exact) mass is 357 g/mol. The Hall–Kier alpha value is -2.84. The summed E-state index contributed by atoms with van der Waals surface area (Å²) in [6.07, 6.45) is 1.63. The van der Waals surface area contributed by atoms with E-state index in [4.69, 9.17) is 4.74 Å². The average molecular weight is 357 g/mol. The highest BCUT2D eigenvalue weighted by atomic mass is 32.2. The van der Waals surface area contributed by atoms with Gasteiger partial charge >= 0.3 is 5.97 Å². The lowest BCUT2D eigenvalue weighted by molar-refractivity contribution is -0.387. The number of aromatic amines is 1. The van der Waals surface area contributed by atoms with Crippen LogP contribution in [0.4, 0.5) is 5.69 Å². The van der Waals surface area contributed by atoms with Gasteiger partial charge in [0, 0.05) is 23.2 Å². The molecule has 3 aromatic rings. The Morgan fingerprint density at radius 2 is 1.96 bits per heavy atom. The van der Waals surface area contributed by atoms with Crippen LogP contribution in [0.15, 0.2) is 59.6 Å². The van der Waals surface area contributed by atoms with Crippen LogP contribution in [0.5, 0.6) is 5.75 Å². The van der Waals surface area contributed by atoms with Crippen molar-refractivity contribution in [2.24, 2.45) is 0 Å². The summed E-state index contributed by atoms with van der Waals surface area (Å²) >= 11 is 1.03. The number of nitrogens with zero attached hydrogens (tertiary/aromatic N) is 1. The predicted molar refractivity (Wildman–Crippen MR) is 95.5 cm³/mol. The predicted octanol–water partition coefficient (Wildman–Crippen LogP) is 3.67. The molecule has 128 valence electrons. The molecule has 3 rings (SSSR count). The standard InChI is InChI=1S/C17H15N3O4S/c1-11(19-25-16-9-5-4-8-14(16)20(22)23)17(21)24-15-10-18-13-7-3-2-6-12(13)15/h2-11,18-19H,1H3/t11-/m0/s1. The number of hydrogen-bond donors (Lipinski definition) is 2. The van der Waals surface area contributed by atoms with Crippen LogP contribution in [0.25, 0.3) is 10.9 Å². The van der Waals surface area contributed by atoms with Gasteiger partial charge in [-0.2, -0.15) is 0 Å². The Balaban J connectivity index is 1.64. The fraction of sp³-hybridized carbons (Fsp3) is 0.118. The van der Waals surface area contributed by atoms with Crippen LogP contribution in [0.2, 0.25) is 0 Å². The van der Waals surface area contributed by atoms with Crippen molar-refractivity contribution in [3.8, 4) is 5.75 Å². The van der Waals surface area contributed by atoms with Gasteiger partial charge in [-0.3, -0.25) is 10.1 Å². The average Bonchev–Trinajstić information content (AvgIpc) is 3.03. The van der Waals surface area contributed by atoms with E-state index in [-0.39, 0.29) is 5.69 Å². The minimum Gasteiger partial charge on any atom is -0.423 e. The summed E-state index contributed by atoms with van der Waals surface area (Å²) in [7, 11) is 0. The van der Waals surface area contributed by atoms with E-state index in [9.17, 15) is 14.9 Å². The van der Waals surface area contributed by atoms with Crippen LogP contribution in [0.1, 0.15) is 6.92 Å². The van der Waals surface area contributed by atoms with Crippen LogP contribution in [0, 0.1) is 10.1 Å². The zero-order valence-electron chi connectivity index (χ0n) is 13.3. The molecule has 1 aromatic heterocycles. The number of nitrogens with one attached hydrogen (secondary N) is 2. The molecular weight excluding hydrogens is 342 g/mol. The smallest absolute Gasteiger partial charge is 0.329 e. The number of carbonyl (C=O) groups is 1. The molecule has 0 aliphatic heterocycles. The number of ether oxygens (including phenoxy) is 1. The van der Waals surface area contributed by atoms with Gasteiger partial charge in [0.2, 0.25) is 0 Å². The minimum absolute atomic E-state index is 0.0165. The molecule has 7 nitrogen and oxygen atoms in total. The van der Waals surface area contributed by atoms with Crippen LogP contribution in [-0.4, -0.2) is 21.9 Å². The van der Waals surface area contributed by atoms with E-state index < -0.39 is 16.9 Å². The Kier molecular flexibility index (Phi) is 5.01. The summed E-state index contributed by atoms with van der Waals surface area (Å²) in [6, 6.07) is 13.2. The van der Waals surface area contributed by atoms with Gasteiger partial charge in [-0.15, -0.1) is 0 Å². The lowest BCUT2D eigenvalue weighted by Crippen LogP contribution is -2.32. The SMILES string of the molecule is C[C@H](NSc1ccccc1[N+](=O)[O-])C(=O)Oc1c[nH]c2ccccc12. The molecule has 8 heteroatoms. The van der Waals surface area contributed by atoms with Gasteiger partial charge in [-0.25, -0.2) is 9.52 Å². The molecule has 0 spiro atoms. The third-order valence-electron chi connectivity index (χ3n) is 3.52. The number of hydrogen-bond acceptors (Lipinski definition) is 6. The topological polar surface area (TPSA) is 97.3 Å². The van der Waals surface area contributed by atoms with Crippen LogP contribution in [-0.2, 0) is 4.79 Å². The largest absolute Gasteiger partial charge is 0.423 e. The maximum atomic E-state index is 12.2. The molecule has 0 aliphatic carbocycles. The summed E-state index contributed by atoms with van der Waals surface area (Å²) in [6.45, 7) is 1.64. The van der Waals surface area contributed by atoms with E-state index >= 15 is 0 Å². The zero-order valence-corrected chi connectivity index (χ0v) is 14.1. The van der Waals surface area contributed by atoms with Gasteiger partial charge in [-0.1, -0.05) is 24.3 Å². The van der Waals surface area contributed by atoms with Crippen molar-refractivity contribution in [3.05, 3.63) is 64.8 Å². The maximum absolute atomic E-state index is 12.2. The first-order valence-corrected chi connectivity index (χ1v) is 8.31. The number of benzene rings is 2. The zero-order chi connectivity index (χ0) is 17.8. The van der Waals surface area contributed by atoms with Gasteiger partial charge < -0.3 is 9.72 Å². The number of rotatable bonds is 6. The Labute approximate surface area is 147 Å². The number of carbonyl (C=O) groups excluding carboxylic acids is 1. The molecule has 1 atom stereocenters. The third kappa shape index (κ3) is 3.81. The van der Waals surface area contributed by atoms with Gasteiger partial charge in [0.05, 0.1) is 4.92 Å². The molecule has 0 radical (unpaired) electrons. The summed E-state index contributed by atoms with van der Waals surface area (Å²) in [5, 5.41) is 11.8. The van der Waals surface area contributed by atoms with Gasteiger partial charge in [0.1, 0.15) is 10.9 Å². The number of H-pyrrole nitrogens is 1. The summed E-state index contributed by atoms with van der Waals surface area (Å²) < 4.78 is 8.30. The van der Waals surface area contributed by atoms with Crippen molar-refractivity contribution >= 4 is 34.5 Å². The fourth-order valence-corrected chi connectivity index (χ4v) is 3.01. The van der Waals surface area contributed by atoms with Crippen LogP contribution >= 0.6 is 11.9 Å². The molecule has 0 saturated heterocycles.